The lowest BCUT2D eigenvalue weighted by Crippen LogP contribution is -2.44. The van der Waals surface area contributed by atoms with Crippen LogP contribution in [0.3, 0.4) is 0 Å². The second-order valence-corrected chi connectivity index (χ2v) is 8.77. The number of nitrogens with two attached hydrogens (primary N) is 1. The number of ether oxygens (including phenoxy) is 2. The molecule has 0 saturated heterocycles. The van der Waals surface area contributed by atoms with Gasteiger partial charge in [-0.1, -0.05) is 6.07 Å². The Morgan fingerprint density at radius 1 is 1.38 bits per heavy atom. The van der Waals surface area contributed by atoms with Gasteiger partial charge < -0.3 is 20.5 Å². The van der Waals surface area contributed by atoms with Crippen LogP contribution in [0.4, 0.5) is 10.5 Å². The molecule has 1 aromatic carbocycles. The highest BCUT2D eigenvalue weighted by Gasteiger charge is 2.46. The Balaban J connectivity index is 1.71. The molecule has 1 heterocycles. The van der Waals surface area contributed by atoms with Crippen molar-refractivity contribution in [1.82, 2.24) is 5.32 Å². The van der Waals surface area contributed by atoms with Gasteiger partial charge in [0.2, 0.25) is 0 Å². The van der Waals surface area contributed by atoms with Crippen molar-refractivity contribution in [3.8, 4) is 5.75 Å². The van der Waals surface area contributed by atoms with Crippen molar-refractivity contribution in [2.75, 3.05) is 11.3 Å². The molecule has 1 aliphatic heterocycles. The number of hydrogen-bond donors (Lipinski definition) is 3. The molecular formula is C16H22N4O5S. The van der Waals surface area contributed by atoms with E-state index in [1.54, 1.807) is 39.0 Å². The van der Waals surface area contributed by atoms with Crippen molar-refractivity contribution in [1.29, 1.82) is 0 Å². The summed E-state index contributed by atoms with van der Waals surface area (Å²) in [4.78, 5) is 12.0. The minimum Gasteiger partial charge on any atom is -0.490 e. The summed E-state index contributed by atoms with van der Waals surface area (Å²) in [5.41, 5.74) is 5.40. The summed E-state index contributed by atoms with van der Waals surface area (Å²) in [6.07, 6.45) is 1.03. The topological polar surface area (TPSA) is 132 Å². The Morgan fingerprint density at radius 3 is 2.69 bits per heavy atom. The first kappa shape index (κ1) is 18.3. The second-order valence-electron chi connectivity index (χ2n) is 7.43. The van der Waals surface area contributed by atoms with Gasteiger partial charge in [0.05, 0.1) is 16.8 Å². The maximum Gasteiger partial charge on any atom is 0.408 e. The monoisotopic (exact) mass is 382 g/mol. The molecule has 0 aromatic heterocycles. The molecule has 9 nitrogen and oxygen atoms in total. The number of alkyl carbamates (subject to hydrolysis) is 1. The molecule has 3 rings (SSSR count). The van der Waals surface area contributed by atoms with Crippen molar-refractivity contribution in [2.24, 2.45) is 10.1 Å². The standard InChI is InChI=1S/C16H22N4O5S/c1-15(2,3)25-14(21)18-16(7-8-16)9-24-11-6-4-5-10-12(11)13(17)20-26(22,23)19-10/h4-6,19H,7-9H2,1-3H3,(H2,17,20)(H,18,21). The molecule has 1 aliphatic carbocycles. The highest BCUT2D eigenvalue weighted by atomic mass is 32.2. The fourth-order valence-electron chi connectivity index (χ4n) is 2.53. The summed E-state index contributed by atoms with van der Waals surface area (Å²) in [6, 6.07) is 4.90. The number of nitrogens with zero attached hydrogens (tertiary/aromatic N) is 1. The van der Waals surface area contributed by atoms with Crippen molar-refractivity contribution >= 4 is 27.8 Å². The van der Waals surface area contributed by atoms with E-state index >= 15 is 0 Å². The SMILES string of the molecule is CC(C)(C)OC(=O)NC1(COc2cccc3c2C(N)=NS(=O)(=O)N3)CC1. The molecule has 0 spiro atoms. The van der Waals surface area contributed by atoms with E-state index in [4.69, 9.17) is 15.2 Å². The maximum absolute atomic E-state index is 12.0. The van der Waals surface area contributed by atoms with E-state index in [-0.39, 0.29) is 12.4 Å². The average molecular weight is 382 g/mol. The molecule has 0 radical (unpaired) electrons. The molecule has 26 heavy (non-hydrogen) atoms. The first-order chi connectivity index (χ1) is 12.0. The van der Waals surface area contributed by atoms with Crippen molar-refractivity contribution in [3.63, 3.8) is 0 Å². The van der Waals surface area contributed by atoms with Gasteiger partial charge in [-0.2, -0.15) is 8.42 Å². The van der Waals surface area contributed by atoms with Gasteiger partial charge in [-0.05, 0) is 45.7 Å². The zero-order valence-corrected chi connectivity index (χ0v) is 15.6. The summed E-state index contributed by atoms with van der Waals surface area (Å²) in [5.74, 6) is 0.253. The molecule has 10 heteroatoms. The van der Waals surface area contributed by atoms with Crippen LogP contribution in [0.25, 0.3) is 0 Å². The number of hydrogen-bond acceptors (Lipinski definition) is 6. The van der Waals surface area contributed by atoms with Gasteiger partial charge in [0.1, 0.15) is 18.0 Å². The predicted molar refractivity (Wildman–Crippen MR) is 96.5 cm³/mol. The van der Waals surface area contributed by atoms with E-state index in [2.05, 4.69) is 14.4 Å². The molecule has 0 unspecified atom stereocenters. The molecular weight excluding hydrogens is 360 g/mol. The van der Waals surface area contributed by atoms with Crippen LogP contribution in [0.15, 0.2) is 22.6 Å². The third-order valence-corrected chi connectivity index (χ3v) is 4.78. The summed E-state index contributed by atoms with van der Waals surface area (Å²) in [7, 11) is -3.84. The number of benzene rings is 1. The zero-order valence-electron chi connectivity index (χ0n) is 14.8. The number of anilines is 1. The predicted octanol–water partition coefficient (Wildman–Crippen LogP) is 1.50. The Hall–Kier alpha value is -2.49. The highest BCUT2D eigenvalue weighted by molar-refractivity contribution is 7.91. The van der Waals surface area contributed by atoms with Gasteiger partial charge in [0, 0.05) is 0 Å². The van der Waals surface area contributed by atoms with E-state index in [9.17, 15) is 13.2 Å². The summed E-state index contributed by atoms with van der Waals surface area (Å²) in [6.45, 7) is 5.59. The van der Waals surface area contributed by atoms with Gasteiger partial charge in [-0.25, -0.2) is 4.79 Å². The van der Waals surface area contributed by atoms with Crippen LogP contribution >= 0.6 is 0 Å². The first-order valence-corrected chi connectivity index (χ1v) is 9.58. The van der Waals surface area contributed by atoms with E-state index < -0.39 is 27.4 Å². The lowest BCUT2D eigenvalue weighted by atomic mass is 10.1. The van der Waals surface area contributed by atoms with Crippen LogP contribution in [-0.2, 0) is 14.9 Å². The van der Waals surface area contributed by atoms with Gasteiger partial charge in [0.15, 0.2) is 5.84 Å². The van der Waals surface area contributed by atoms with Crippen LogP contribution in [-0.4, -0.2) is 38.1 Å². The molecule has 1 saturated carbocycles. The van der Waals surface area contributed by atoms with Gasteiger partial charge in [-0.15, -0.1) is 4.40 Å². The zero-order chi connectivity index (χ0) is 19.2. The maximum atomic E-state index is 12.0. The number of carbonyl (C=O) groups excluding carboxylic acids is 1. The third-order valence-electron chi connectivity index (χ3n) is 3.86. The number of amidine groups is 1. The van der Waals surface area contributed by atoms with Crippen LogP contribution in [0.5, 0.6) is 5.75 Å². The highest BCUT2D eigenvalue weighted by Crippen LogP contribution is 2.38. The largest absolute Gasteiger partial charge is 0.490 e. The lowest BCUT2D eigenvalue weighted by molar-refractivity contribution is 0.0477. The molecule has 1 amide bonds. The second kappa shape index (κ2) is 6.04. The molecule has 142 valence electrons. The molecule has 0 bridgehead atoms. The summed E-state index contributed by atoms with van der Waals surface area (Å²) >= 11 is 0. The Kier molecular flexibility index (Phi) is 4.26. The summed E-state index contributed by atoms with van der Waals surface area (Å²) in [5, 5.41) is 2.84. The van der Waals surface area contributed by atoms with Crippen LogP contribution < -0.4 is 20.5 Å². The molecule has 4 N–H and O–H groups in total. The van der Waals surface area contributed by atoms with Gasteiger partial charge in [0.25, 0.3) is 0 Å². The fourth-order valence-corrected chi connectivity index (χ4v) is 3.37. The van der Waals surface area contributed by atoms with E-state index in [0.717, 1.165) is 12.8 Å². The quantitative estimate of drug-likeness (QED) is 0.723. The minimum absolute atomic E-state index is 0.140. The molecule has 1 aromatic rings. The Labute approximate surface area is 152 Å². The van der Waals surface area contributed by atoms with Crippen LogP contribution in [0.2, 0.25) is 0 Å². The van der Waals surface area contributed by atoms with Crippen LogP contribution in [0, 0.1) is 0 Å². The van der Waals surface area contributed by atoms with Crippen LogP contribution in [0.1, 0.15) is 39.2 Å². The van der Waals surface area contributed by atoms with E-state index in [1.165, 1.54) is 0 Å². The number of amides is 1. The molecule has 1 fully saturated rings. The van der Waals surface area contributed by atoms with Gasteiger partial charge in [-0.3, -0.25) is 4.72 Å². The Bertz CT molecular complexity index is 869. The third kappa shape index (κ3) is 4.18. The molecule has 2 aliphatic rings. The van der Waals surface area contributed by atoms with E-state index in [0.29, 0.717) is 17.0 Å². The summed E-state index contributed by atoms with van der Waals surface area (Å²) < 4.78 is 40.1. The smallest absolute Gasteiger partial charge is 0.408 e. The number of rotatable bonds is 4. The lowest BCUT2D eigenvalue weighted by Gasteiger charge is -2.24. The fraction of sp³-hybridized carbons (Fsp3) is 0.500. The first-order valence-electron chi connectivity index (χ1n) is 8.14. The molecule has 0 atom stereocenters. The average Bonchev–Trinajstić information content (AvgIpc) is 3.21. The normalized spacial score (nSPS) is 19.4. The van der Waals surface area contributed by atoms with Crippen molar-refractivity contribution < 1.29 is 22.7 Å². The van der Waals surface area contributed by atoms with Crippen molar-refractivity contribution in [3.05, 3.63) is 23.8 Å². The van der Waals surface area contributed by atoms with E-state index in [1.807, 2.05) is 0 Å². The van der Waals surface area contributed by atoms with Gasteiger partial charge >= 0.3 is 16.3 Å². The Morgan fingerprint density at radius 2 is 2.08 bits per heavy atom. The number of carbonyl (C=O) groups is 1. The number of nitrogens with one attached hydrogen (secondary N) is 2. The number of fused-ring (bicyclic) bond motifs is 1. The van der Waals surface area contributed by atoms with Crippen molar-refractivity contribution in [2.45, 2.75) is 44.8 Å². The minimum atomic E-state index is -3.84.